The molecule has 0 atom stereocenters. The summed E-state index contributed by atoms with van der Waals surface area (Å²) in [6.07, 6.45) is 1.91. The molecular weight excluding hydrogens is 304 g/mol. The van der Waals surface area contributed by atoms with Crippen LogP contribution in [-0.2, 0) is 0 Å². The molecule has 0 unspecified atom stereocenters. The Labute approximate surface area is 122 Å². The average molecular weight is 325 g/mol. The Balaban J connectivity index is 2.09. The maximum absolute atomic E-state index is 4.46. The van der Waals surface area contributed by atoms with Crippen molar-refractivity contribution in [2.45, 2.75) is 27.7 Å². The van der Waals surface area contributed by atoms with E-state index in [9.17, 15) is 0 Å². The Morgan fingerprint density at radius 2 is 1.89 bits per heavy atom. The van der Waals surface area contributed by atoms with Crippen molar-refractivity contribution in [1.29, 1.82) is 0 Å². The fourth-order valence-corrected chi connectivity index (χ4v) is 2.71. The lowest BCUT2D eigenvalue weighted by molar-refractivity contribution is 0.304. The summed E-state index contributed by atoms with van der Waals surface area (Å²) in [5.74, 6) is 2.63. The minimum Gasteiger partial charge on any atom is -0.353 e. The zero-order valence-corrected chi connectivity index (χ0v) is 13.5. The molecule has 2 aromatic rings. The summed E-state index contributed by atoms with van der Waals surface area (Å²) in [5.41, 5.74) is 0.858. The molecule has 0 fully saturated rings. The number of nitrogens with one attached hydrogen (secondary N) is 1. The Hall–Kier alpha value is -1.10. The Morgan fingerprint density at radius 3 is 2.53 bits per heavy atom. The average Bonchev–Trinajstić information content (AvgIpc) is 2.70. The van der Waals surface area contributed by atoms with Crippen LogP contribution in [0.4, 0.5) is 5.95 Å². The van der Waals surface area contributed by atoms with Crippen LogP contribution in [0.15, 0.2) is 22.8 Å². The van der Waals surface area contributed by atoms with Crippen LogP contribution in [0.25, 0.3) is 5.65 Å². The molecule has 2 aromatic heterocycles. The molecule has 0 spiro atoms. The highest BCUT2D eigenvalue weighted by Gasteiger charge is 2.17. The van der Waals surface area contributed by atoms with Crippen LogP contribution in [0, 0.1) is 17.8 Å². The minimum absolute atomic E-state index is 0.623. The van der Waals surface area contributed by atoms with Crippen molar-refractivity contribution in [3.05, 3.63) is 22.8 Å². The zero-order valence-electron chi connectivity index (χ0n) is 11.9. The van der Waals surface area contributed by atoms with E-state index < -0.39 is 0 Å². The van der Waals surface area contributed by atoms with Gasteiger partial charge in [0, 0.05) is 17.2 Å². The van der Waals surface area contributed by atoms with E-state index >= 15 is 0 Å². The van der Waals surface area contributed by atoms with E-state index in [1.54, 1.807) is 4.52 Å². The van der Waals surface area contributed by atoms with Crippen molar-refractivity contribution in [2.24, 2.45) is 17.8 Å². The highest BCUT2D eigenvalue weighted by atomic mass is 79.9. The molecule has 0 aliphatic rings. The Bertz CT molecular complexity index is 539. The number of nitrogens with zero attached hydrogens (tertiary/aromatic N) is 3. The third-order valence-electron chi connectivity index (χ3n) is 3.50. The van der Waals surface area contributed by atoms with Gasteiger partial charge in [-0.3, -0.25) is 0 Å². The quantitative estimate of drug-likeness (QED) is 0.908. The molecule has 0 aliphatic heterocycles. The van der Waals surface area contributed by atoms with E-state index in [2.05, 4.69) is 59.0 Å². The van der Waals surface area contributed by atoms with Crippen LogP contribution in [0.2, 0.25) is 0 Å². The highest BCUT2D eigenvalue weighted by molar-refractivity contribution is 9.10. The molecule has 1 N–H and O–H groups in total. The topological polar surface area (TPSA) is 42.2 Å². The Kier molecular flexibility index (Phi) is 4.45. The highest BCUT2D eigenvalue weighted by Crippen LogP contribution is 2.21. The van der Waals surface area contributed by atoms with Crippen molar-refractivity contribution in [3.63, 3.8) is 0 Å². The molecule has 0 radical (unpaired) electrons. The molecule has 19 heavy (non-hydrogen) atoms. The predicted octanol–water partition coefficient (Wildman–Crippen LogP) is 3.83. The summed E-state index contributed by atoms with van der Waals surface area (Å²) in [6.45, 7) is 9.97. The van der Waals surface area contributed by atoms with Crippen LogP contribution < -0.4 is 5.32 Å². The molecule has 0 amide bonds. The fourth-order valence-electron chi connectivity index (χ4n) is 2.38. The first-order chi connectivity index (χ1) is 8.97. The number of fused-ring (bicyclic) bond motifs is 1. The van der Waals surface area contributed by atoms with Gasteiger partial charge in [-0.25, -0.2) is 4.52 Å². The number of anilines is 1. The third-order valence-corrected chi connectivity index (χ3v) is 3.97. The van der Waals surface area contributed by atoms with Gasteiger partial charge in [0.2, 0.25) is 5.95 Å². The summed E-state index contributed by atoms with van der Waals surface area (Å²) < 4.78 is 2.78. The largest absolute Gasteiger partial charge is 0.353 e. The lowest BCUT2D eigenvalue weighted by atomic mass is 9.85. The van der Waals surface area contributed by atoms with E-state index in [-0.39, 0.29) is 0 Å². The lowest BCUT2D eigenvalue weighted by Crippen LogP contribution is -2.24. The molecule has 0 aliphatic carbocycles. The minimum atomic E-state index is 0.623. The second kappa shape index (κ2) is 5.90. The van der Waals surface area contributed by atoms with E-state index in [1.807, 2.05) is 18.3 Å². The van der Waals surface area contributed by atoms with Crippen LogP contribution in [0.3, 0.4) is 0 Å². The first kappa shape index (κ1) is 14.3. The van der Waals surface area contributed by atoms with E-state index in [0.29, 0.717) is 23.7 Å². The normalized spacial score (nSPS) is 12.0. The molecule has 0 bridgehead atoms. The fraction of sp³-hybridized carbons (Fsp3) is 0.571. The van der Waals surface area contributed by atoms with Gasteiger partial charge in [-0.1, -0.05) is 27.7 Å². The maximum Gasteiger partial charge on any atom is 0.243 e. The van der Waals surface area contributed by atoms with Crippen molar-refractivity contribution < 1.29 is 0 Å². The summed E-state index contributed by atoms with van der Waals surface area (Å²) in [7, 11) is 0. The van der Waals surface area contributed by atoms with Crippen LogP contribution in [-0.4, -0.2) is 21.1 Å². The molecular formula is C14H21BrN4. The number of hydrogen-bond donors (Lipinski definition) is 1. The number of rotatable bonds is 5. The van der Waals surface area contributed by atoms with Crippen molar-refractivity contribution in [2.75, 3.05) is 11.9 Å². The maximum atomic E-state index is 4.46. The number of pyridine rings is 1. The molecule has 0 saturated carbocycles. The molecule has 2 rings (SSSR count). The number of aromatic nitrogens is 3. The van der Waals surface area contributed by atoms with Gasteiger partial charge in [0.1, 0.15) is 0 Å². The van der Waals surface area contributed by atoms with Gasteiger partial charge in [-0.15, -0.1) is 5.10 Å². The predicted molar refractivity (Wildman–Crippen MR) is 82.3 cm³/mol. The molecule has 4 nitrogen and oxygen atoms in total. The number of hydrogen-bond acceptors (Lipinski definition) is 3. The van der Waals surface area contributed by atoms with Gasteiger partial charge < -0.3 is 5.32 Å². The van der Waals surface area contributed by atoms with Gasteiger partial charge in [-0.2, -0.15) is 4.98 Å². The first-order valence-electron chi connectivity index (χ1n) is 6.73. The molecule has 2 heterocycles. The van der Waals surface area contributed by atoms with Gasteiger partial charge in [0.25, 0.3) is 0 Å². The van der Waals surface area contributed by atoms with Gasteiger partial charge in [-0.05, 0) is 45.8 Å². The summed E-state index contributed by atoms with van der Waals surface area (Å²) >= 11 is 3.43. The van der Waals surface area contributed by atoms with Crippen molar-refractivity contribution in [3.8, 4) is 0 Å². The molecule has 104 valence electrons. The molecule has 0 saturated heterocycles. The summed E-state index contributed by atoms with van der Waals surface area (Å²) in [4.78, 5) is 4.46. The van der Waals surface area contributed by atoms with Crippen molar-refractivity contribution >= 4 is 27.5 Å². The van der Waals surface area contributed by atoms with E-state index in [4.69, 9.17) is 0 Å². The zero-order chi connectivity index (χ0) is 14.0. The second-order valence-corrected chi connectivity index (χ2v) is 6.53. The second-order valence-electron chi connectivity index (χ2n) is 5.62. The first-order valence-corrected chi connectivity index (χ1v) is 7.52. The SMILES string of the molecule is CC(C)C(CNc1nc2ccc(Br)cn2n1)C(C)C. The standard InChI is InChI=1S/C14H21BrN4/c1-9(2)12(10(3)4)7-16-14-17-13-6-5-11(15)8-19(13)18-14/h5-6,8-10,12H,7H2,1-4H3,(H,16,18). The van der Waals surface area contributed by atoms with Crippen LogP contribution in [0.5, 0.6) is 0 Å². The molecule has 5 heteroatoms. The number of halogens is 1. The summed E-state index contributed by atoms with van der Waals surface area (Å²) in [5, 5.41) is 7.79. The summed E-state index contributed by atoms with van der Waals surface area (Å²) in [6, 6.07) is 3.92. The monoisotopic (exact) mass is 324 g/mol. The smallest absolute Gasteiger partial charge is 0.243 e. The van der Waals surface area contributed by atoms with Gasteiger partial charge in [0.05, 0.1) is 0 Å². The van der Waals surface area contributed by atoms with Crippen LogP contribution >= 0.6 is 15.9 Å². The van der Waals surface area contributed by atoms with E-state index in [1.165, 1.54) is 0 Å². The molecule has 0 aromatic carbocycles. The lowest BCUT2D eigenvalue weighted by Gasteiger charge is -2.24. The van der Waals surface area contributed by atoms with Crippen LogP contribution in [0.1, 0.15) is 27.7 Å². The van der Waals surface area contributed by atoms with Gasteiger partial charge in [0.15, 0.2) is 5.65 Å². The van der Waals surface area contributed by atoms with E-state index in [0.717, 1.165) is 16.7 Å². The Morgan fingerprint density at radius 1 is 1.21 bits per heavy atom. The van der Waals surface area contributed by atoms with Crippen molar-refractivity contribution in [1.82, 2.24) is 14.6 Å². The van der Waals surface area contributed by atoms with Gasteiger partial charge >= 0.3 is 0 Å². The third kappa shape index (κ3) is 3.47.